The third-order valence-corrected chi connectivity index (χ3v) is 3.40. The molecule has 0 bridgehead atoms. The van der Waals surface area contributed by atoms with Crippen molar-refractivity contribution in [3.63, 3.8) is 0 Å². The molecule has 0 saturated heterocycles. The van der Waals surface area contributed by atoms with Crippen LogP contribution in [0.1, 0.15) is 0 Å². The normalized spacial score (nSPS) is 10.7. The predicted octanol–water partition coefficient (Wildman–Crippen LogP) is 4.36. The molecule has 2 aromatic carbocycles. The lowest BCUT2D eigenvalue weighted by molar-refractivity contribution is -0.383. The van der Waals surface area contributed by atoms with Gasteiger partial charge in [0.2, 0.25) is 0 Å². The summed E-state index contributed by atoms with van der Waals surface area (Å²) in [5.74, 6) is -0.794. The molecule has 0 aliphatic heterocycles. The average Bonchev–Trinajstić information content (AvgIpc) is 2.54. The molecule has 0 aliphatic carbocycles. The number of nitriles is 1. The molecule has 1 amide bonds. The number of rotatable bonds is 5. The van der Waals surface area contributed by atoms with Gasteiger partial charge in [0.15, 0.2) is 0 Å². The van der Waals surface area contributed by atoms with Gasteiger partial charge in [0.25, 0.3) is 11.6 Å². The molecule has 2 rings (SSSR count). The molecule has 0 aromatic heterocycles. The third-order valence-electron chi connectivity index (χ3n) is 2.96. The second-order valence-electron chi connectivity index (χ2n) is 4.70. The Morgan fingerprint density at radius 1 is 1.20 bits per heavy atom. The molecule has 0 aliphatic rings. The van der Waals surface area contributed by atoms with Gasteiger partial charge >= 0.3 is 0 Å². The molecular weight excluding hydrogens is 367 g/mol. The smallest absolute Gasteiger partial charge is 0.292 e. The van der Waals surface area contributed by atoms with Crippen molar-refractivity contribution in [2.45, 2.75) is 0 Å². The summed E-state index contributed by atoms with van der Waals surface area (Å²) in [5, 5.41) is 25.9. The highest BCUT2D eigenvalue weighted by Crippen LogP contribution is 2.24. The molecule has 2 N–H and O–H groups in total. The van der Waals surface area contributed by atoms with Crippen molar-refractivity contribution in [3.8, 4) is 6.07 Å². The van der Waals surface area contributed by atoms with E-state index in [2.05, 4.69) is 10.6 Å². The second-order valence-corrected chi connectivity index (χ2v) is 5.57. The summed E-state index contributed by atoms with van der Waals surface area (Å²) >= 11 is 11.7. The van der Waals surface area contributed by atoms with E-state index in [1.165, 1.54) is 30.3 Å². The quantitative estimate of drug-likeness (QED) is 0.348. The first-order chi connectivity index (χ1) is 11.9. The predicted molar refractivity (Wildman–Crippen MR) is 95.5 cm³/mol. The van der Waals surface area contributed by atoms with Crippen molar-refractivity contribution in [2.75, 3.05) is 10.6 Å². The van der Waals surface area contributed by atoms with Gasteiger partial charge in [-0.15, -0.1) is 0 Å². The van der Waals surface area contributed by atoms with Crippen LogP contribution in [0, 0.1) is 21.4 Å². The number of benzene rings is 2. The molecule has 126 valence electrons. The molecular formula is C16H10Cl2N4O3. The highest BCUT2D eigenvalue weighted by atomic mass is 35.5. The van der Waals surface area contributed by atoms with Crippen LogP contribution in [0.15, 0.2) is 54.2 Å². The van der Waals surface area contributed by atoms with Crippen molar-refractivity contribution < 1.29 is 9.72 Å². The summed E-state index contributed by atoms with van der Waals surface area (Å²) in [4.78, 5) is 22.5. The molecule has 0 saturated carbocycles. The van der Waals surface area contributed by atoms with Gasteiger partial charge in [-0.2, -0.15) is 5.26 Å². The van der Waals surface area contributed by atoms with Gasteiger partial charge < -0.3 is 10.6 Å². The number of carbonyl (C=O) groups excluding carboxylic acids is 1. The van der Waals surface area contributed by atoms with Crippen LogP contribution in [-0.4, -0.2) is 10.8 Å². The summed E-state index contributed by atoms with van der Waals surface area (Å²) in [6, 6.07) is 12.0. The maximum atomic E-state index is 12.2. The van der Waals surface area contributed by atoms with Crippen molar-refractivity contribution in [2.24, 2.45) is 0 Å². The van der Waals surface area contributed by atoms with Crippen LogP contribution in [0.5, 0.6) is 0 Å². The molecule has 0 heterocycles. The Kier molecular flexibility index (Phi) is 5.95. The van der Waals surface area contributed by atoms with Crippen molar-refractivity contribution >= 4 is 46.2 Å². The average molecular weight is 377 g/mol. The Morgan fingerprint density at radius 2 is 1.84 bits per heavy atom. The number of para-hydroxylation sites is 2. The number of hydrogen-bond acceptors (Lipinski definition) is 5. The molecule has 25 heavy (non-hydrogen) atoms. The monoisotopic (exact) mass is 376 g/mol. The first-order valence-electron chi connectivity index (χ1n) is 6.78. The number of hydrogen-bond donors (Lipinski definition) is 2. The fourth-order valence-electron chi connectivity index (χ4n) is 1.87. The van der Waals surface area contributed by atoms with Crippen LogP contribution in [0.2, 0.25) is 10.0 Å². The Morgan fingerprint density at radius 3 is 2.44 bits per heavy atom. The van der Waals surface area contributed by atoms with Gasteiger partial charge in [0.05, 0.1) is 4.92 Å². The molecule has 0 radical (unpaired) electrons. The number of nitro benzene ring substituents is 1. The minimum atomic E-state index is -0.794. The lowest BCUT2D eigenvalue weighted by Crippen LogP contribution is -2.15. The van der Waals surface area contributed by atoms with E-state index in [1.807, 2.05) is 0 Å². The molecule has 0 unspecified atom stereocenters. The Balaban J connectivity index is 2.19. The maximum absolute atomic E-state index is 12.2. The summed E-state index contributed by atoms with van der Waals surface area (Å²) in [7, 11) is 0. The van der Waals surface area contributed by atoms with Crippen molar-refractivity contribution in [1.29, 1.82) is 5.26 Å². The van der Waals surface area contributed by atoms with E-state index in [-0.39, 0.29) is 16.9 Å². The number of carbonyl (C=O) groups is 1. The van der Waals surface area contributed by atoms with Gasteiger partial charge in [-0.1, -0.05) is 35.3 Å². The minimum Gasteiger partial charge on any atom is -0.360 e. The Hall–Kier alpha value is -3.08. The molecule has 7 nitrogen and oxygen atoms in total. The van der Waals surface area contributed by atoms with Crippen LogP contribution < -0.4 is 10.6 Å². The zero-order valence-electron chi connectivity index (χ0n) is 12.5. The van der Waals surface area contributed by atoms with Gasteiger partial charge in [-0.05, 0) is 24.3 Å². The van der Waals surface area contributed by atoms with Crippen LogP contribution in [0.25, 0.3) is 0 Å². The topological polar surface area (TPSA) is 108 Å². The largest absolute Gasteiger partial charge is 0.360 e. The van der Waals surface area contributed by atoms with Gasteiger partial charge in [0.1, 0.15) is 17.3 Å². The molecule has 2 aromatic rings. The Labute approximate surface area is 152 Å². The van der Waals surface area contributed by atoms with Crippen molar-refractivity contribution in [3.05, 3.63) is 74.4 Å². The molecule has 9 heteroatoms. The van der Waals surface area contributed by atoms with Crippen LogP contribution in [0.4, 0.5) is 17.1 Å². The second kappa shape index (κ2) is 8.15. The van der Waals surface area contributed by atoms with Gasteiger partial charge in [-0.25, -0.2) is 0 Å². The summed E-state index contributed by atoms with van der Waals surface area (Å²) in [6.07, 6.45) is 1.16. The summed E-state index contributed by atoms with van der Waals surface area (Å²) in [6.45, 7) is 0. The number of amides is 1. The number of nitrogens with one attached hydrogen (secondary N) is 2. The zero-order valence-corrected chi connectivity index (χ0v) is 14.0. The third kappa shape index (κ3) is 4.94. The van der Waals surface area contributed by atoms with E-state index in [0.717, 1.165) is 6.20 Å². The van der Waals surface area contributed by atoms with Gasteiger partial charge in [-0.3, -0.25) is 14.9 Å². The summed E-state index contributed by atoms with van der Waals surface area (Å²) < 4.78 is 0. The first kappa shape index (κ1) is 18.3. The van der Waals surface area contributed by atoms with Crippen LogP contribution in [-0.2, 0) is 4.79 Å². The highest BCUT2D eigenvalue weighted by Gasteiger charge is 2.17. The lowest BCUT2D eigenvalue weighted by atomic mass is 10.2. The van der Waals surface area contributed by atoms with Crippen LogP contribution >= 0.6 is 23.2 Å². The molecule has 0 fully saturated rings. The van der Waals surface area contributed by atoms with E-state index >= 15 is 0 Å². The van der Waals surface area contributed by atoms with E-state index in [9.17, 15) is 14.9 Å². The molecule has 0 spiro atoms. The Bertz CT molecular complexity index is 886. The van der Waals surface area contributed by atoms with E-state index < -0.39 is 10.8 Å². The number of nitrogens with zero attached hydrogens (tertiary/aromatic N) is 2. The van der Waals surface area contributed by atoms with Crippen LogP contribution in [0.3, 0.4) is 0 Å². The zero-order chi connectivity index (χ0) is 18.4. The first-order valence-corrected chi connectivity index (χ1v) is 7.54. The minimum absolute atomic E-state index is 0.00977. The highest BCUT2D eigenvalue weighted by molar-refractivity contribution is 6.35. The molecule has 0 atom stereocenters. The maximum Gasteiger partial charge on any atom is 0.292 e. The fraction of sp³-hybridized carbons (Fsp3) is 0. The van der Waals surface area contributed by atoms with Gasteiger partial charge in [0, 0.05) is 28.0 Å². The SMILES string of the molecule is N#C/C(=C/Nc1cc(Cl)cc(Cl)c1)C(=O)Nc1ccccc1[N+](=O)[O-]. The number of anilines is 2. The standard InChI is InChI=1S/C16H10Cl2N4O3/c17-11-5-12(18)7-13(6-11)20-9-10(8-19)16(23)21-14-3-1-2-4-15(14)22(24)25/h1-7,9,20H,(H,21,23)/b10-9-. The lowest BCUT2D eigenvalue weighted by Gasteiger charge is -2.06. The summed E-state index contributed by atoms with van der Waals surface area (Å²) in [5.41, 5.74) is -0.0924. The van der Waals surface area contributed by atoms with E-state index in [4.69, 9.17) is 28.5 Å². The van der Waals surface area contributed by atoms with Crippen molar-refractivity contribution in [1.82, 2.24) is 0 Å². The van der Waals surface area contributed by atoms with E-state index in [1.54, 1.807) is 18.2 Å². The number of nitro groups is 1. The number of halogens is 2. The fourth-order valence-corrected chi connectivity index (χ4v) is 2.40. The van der Waals surface area contributed by atoms with E-state index in [0.29, 0.717) is 15.7 Å².